The zero-order valence-electron chi connectivity index (χ0n) is 15.4. The SMILES string of the molecule is N#Cc1ccc([C@]2(F)C[C@]2(C(=O)OCc2ccccc2)c2ccc(Br)cc2)cc1. The standard InChI is InChI=1S/C24H17BrFNO2/c25-21-12-10-19(11-13-21)23(22(28)29-15-18-4-2-1-3-5-18)16-24(23,26)20-8-6-17(14-27)7-9-20/h1-13H,15-16H2/t23-,24-/m1/s1. The lowest BCUT2D eigenvalue weighted by atomic mass is 9.89. The monoisotopic (exact) mass is 449 g/mol. The van der Waals surface area contributed by atoms with E-state index in [9.17, 15) is 4.79 Å². The molecule has 0 unspecified atom stereocenters. The van der Waals surface area contributed by atoms with E-state index in [-0.39, 0.29) is 13.0 Å². The van der Waals surface area contributed by atoms with Crippen LogP contribution in [0, 0.1) is 11.3 Å². The van der Waals surface area contributed by atoms with Crippen LogP contribution in [0.25, 0.3) is 0 Å². The molecule has 2 atom stereocenters. The van der Waals surface area contributed by atoms with E-state index in [1.807, 2.05) is 36.4 Å². The van der Waals surface area contributed by atoms with E-state index in [1.54, 1.807) is 48.5 Å². The van der Waals surface area contributed by atoms with Crippen molar-refractivity contribution in [2.45, 2.75) is 24.1 Å². The van der Waals surface area contributed by atoms with Crippen LogP contribution in [0.5, 0.6) is 0 Å². The topological polar surface area (TPSA) is 50.1 Å². The molecular formula is C24H17BrFNO2. The lowest BCUT2D eigenvalue weighted by Gasteiger charge is -2.20. The number of esters is 1. The average molecular weight is 450 g/mol. The van der Waals surface area contributed by atoms with Crippen molar-refractivity contribution in [1.82, 2.24) is 0 Å². The summed E-state index contributed by atoms with van der Waals surface area (Å²) < 4.78 is 22.6. The molecule has 29 heavy (non-hydrogen) atoms. The number of hydrogen-bond acceptors (Lipinski definition) is 3. The molecule has 0 aliphatic heterocycles. The Balaban J connectivity index is 1.68. The highest BCUT2D eigenvalue weighted by Gasteiger charge is 2.76. The van der Waals surface area contributed by atoms with Crippen molar-refractivity contribution in [3.05, 3.63) is 106 Å². The molecule has 0 bridgehead atoms. The van der Waals surface area contributed by atoms with E-state index in [4.69, 9.17) is 10.00 Å². The first kappa shape index (κ1) is 19.4. The first-order valence-electron chi connectivity index (χ1n) is 9.16. The maximum Gasteiger partial charge on any atom is 0.320 e. The van der Waals surface area contributed by atoms with Crippen molar-refractivity contribution in [3.8, 4) is 6.07 Å². The number of benzene rings is 3. The van der Waals surface area contributed by atoms with Crippen molar-refractivity contribution in [2.75, 3.05) is 0 Å². The Morgan fingerprint density at radius 1 is 1.00 bits per heavy atom. The number of hydrogen-bond donors (Lipinski definition) is 0. The van der Waals surface area contributed by atoms with Gasteiger partial charge in [-0.05, 0) is 41.0 Å². The largest absolute Gasteiger partial charge is 0.460 e. The van der Waals surface area contributed by atoms with E-state index in [2.05, 4.69) is 15.9 Å². The smallest absolute Gasteiger partial charge is 0.320 e. The zero-order valence-corrected chi connectivity index (χ0v) is 17.0. The Labute approximate surface area is 176 Å². The molecule has 1 saturated carbocycles. The van der Waals surface area contributed by atoms with E-state index in [1.165, 1.54) is 0 Å². The molecule has 0 amide bonds. The van der Waals surface area contributed by atoms with Crippen LogP contribution >= 0.6 is 15.9 Å². The van der Waals surface area contributed by atoms with Gasteiger partial charge in [-0.25, -0.2) is 4.39 Å². The maximum absolute atomic E-state index is 16.2. The minimum Gasteiger partial charge on any atom is -0.460 e. The van der Waals surface area contributed by atoms with Gasteiger partial charge in [-0.15, -0.1) is 0 Å². The fraction of sp³-hybridized carbons (Fsp3) is 0.167. The van der Waals surface area contributed by atoms with Gasteiger partial charge in [0.15, 0.2) is 5.67 Å². The van der Waals surface area contributed by atoms with Gasteiger partial charge in [-0.3, -0.25) is 4.79 Å². The van der Waals surface area contributed by atoms with Crippen LogP contribution in [0.15, 0.2) is 83.3 Å². The minimum atomic E-state index is -1.89. The second-order valence-electron chi connectivity index (χ2n) is 7.14. The molecule has 5 heteroatoms. The highest BCUT2D eigenvalue weighted by Crippen LogP contribution is 2.67. The van der Waals surface area contributed by atoms with Crippen LogP contribution in [0.1, 0.15) is 28.7 Å². The fourth-order valence-corrected chi connectivity index (χ4v) is 4.01. The molecule has 0 radical (unpaired) electrons. The Hall–Kier alpha value is -2.97. The van der Waals surface area contributed by atoms with Gasteiger partial charge in [0, 0.05) is 10.9 Å². The highest BCUT2D eigenvalue weighted by atomic mass is 79.9. The van der Waals surface area contributed by atoms with Gasteiger partial charge in [0.1, 0.15) is 12.0 Å². The van der Waals surface area contributed by atoms with E-state index in [0.717, 1.165) is 10.0 Å². The van der Waals surface area contributed by atoms with E-state index < -0.39 is 17.1 Å². The van der Waals surface area contributed by atoms with Gasteiger partial charge < -0.3 is 4.74 Å². The maximum atomic E-state index is 16.2. The van der Waals surface area contributed by atoms with Crippen LogP contribution in [0.2, 0.25) is 0 Å². The summed E-state index contributed by atoms with van der Waals surface area (Å²) in [5, 5.41) is 9.00. The number of carbonyl (C=O) groups is 1. The third-order valence-corrected chi connectivity index (χ3v) is 5.96. The summed E-state index contributed by atoms with van der Waals surface area (Å²) in [6, 6.07) is 24.7. The minimum absolute atomic E-state index is 0.00115. The predicted octanol–water partition coefficient (Wildman–Crippen LogP) is 5.57. The summed E-state index contributed by atoms with van der Waals surface area (Å²) >= 11 is 3.38. The molecule has 0 saturated heterocycles. The van der Waals surface area contributed by atoms with Crippen LogP contribution in [-0.4, -0.2) is 5.97 Å². The van der Waals surface area contributed by atoms with E-state index in [0.29, 0.717) is 16.7 Å². The molecule has 0 N–H and O–H groups in total. The first-order chi connectivity index (χ1) is 14.0. The highest BCUT2D eigenvalue weighted by molar-refractivity contribution is 9.10. The number of alkyl halides is 1. The summed E-state index contributed by atoms with van der Waals surface area (Å²) in [5.41, 5.74) is -1.06. The summed E-state index contributed by atoms with van der Waals surface area (Å²) in [5.74, 6) is -0.587. The van der Waals surface area contributed by atoms with Gasteiger partial charge >= 0.3 is 5.97 Å². The van der Waals surface area contributed by atoms with Crippen molar-refractivity contribution < 1.29 is 13.9 Å². The Bertz CT molecular complexity index is 1080. The lowest BCUT2D eigenvalue weighted by molar-refractivity contribution is -0.149. The van der Waals surface area contributed by atoms with Crippen molar-refractivity contribution >= 4 is 21.9 Å². The van der Waals surface area contributed by atoms with Gasteiger partial charge in [0.2, 0.25) is 0 Å². The second kappa shape index (κ2) is 7.46. The normalized spacial score (nSPS) is 22.5. The molecule has 1 aliphatic carbocycles. The predicted molar refractivity (Wildman–Crippen MR) is 111 cm³/mol. The lowest BCUT2D eigenvalue weighted by Crippen LogP contribution is -2.30. The summed E-state index contributed by atoms with van der Waals surface area (Å²) in [6.45, 7) is 0.0847. The van der Waals surface area contributed by atoms with Gasteiger partial charge in [-0.2, -0.15) is 5.26 Å². The molecule has 3 aromatic rings. The van der Waals surface area contributed by atoms with Crippen LogP contribution in [0.3, 0.4) is 0 Å². The molecule has 0 aromatic heterocycles. The number of nitrogens with zero attached hydrogens (tertiary/aromatic N) is 1. The van der Waals surface area contributed by atoms with E-state index >= 15 is 4.39 Å². The number of nitriles is 1. The molecular weight excluding hydrogens is 433 g/mol. The van der Waals surface area contributed by atoms with Crippen LogP contribution in [0.4, 0.5) is 4.39 Å². The van der Waals surface area contributed by atoms with Gasteiger partial charge in [-0.1, -0.05) is 70.5 Å². The molecule has 0 spiro atoms. The number of ether oxygens (including phenoxy) is 1. The molecule has 0 heterocycles. The fourth-order valence-electron chi connectivity index (χ4n) is 3.74. The third kappa shape index (κ3) is 3.34. The number of rotatable bonds is 5. The van der Waals surface area contributed by atoms with Crippen molar-refractivity contribution in [1.29, 1.82) is 5.26 Å². The Kier molecular flexibility index (Phi) is 4.97. The quantitative estimate of drug-likeness (QED) is 0.478. The van der Waals surface area contributed by atoms with Crippen molar-refractivity contribution in [3.63, 3.8) is 0 Å². The third-order valence-electron chi connectivity index (χ3n) is 5.43. The van der Waals surface area contributed by atoms with Crippen molar-refractivity contribution in [2.24, 2.45) is 0 Å². The molecule has 1 fully saturated rings. The number of carbonyl (C=O) groups excluding carboxylic acids is 1. The molecule has 3 aromatic carbocycles. The molecule has 4 rings (SSSR count). The molecule has 1 aliphatic rings. The van der Waals surface area contributed by atoms with Gasteiger partial charge in [0.25, 0.3) is 0 Å². The molecule has 3 nitrogen and oxygen atoms in total. The zero-order chi connectivity index (χ0) is 20.5. The number of halogens is 2. The Morgan fingerprint density at radius 3 is 2.24 bits per heavy atom. The Morgan fingerprint density at radius 2 is 1.62 bits per heavy atom. The first-order valence-corrected chi connectivity index (χ1v) is 9.96. The van der Waals surface area contributed by atoms with Crippen LogP contribution < -0.4 is 0 Å². The van der Waals surface area contributed by atoms with Gasteiger partial charge in [0.05, 0.1) is 11.6 Å². The average Bonchev–Trinajstić information content (AvgIpc) is 3.41. The van der Waals surface area contributed by atoms with Crippen LogP contribution in [-0.2, 0) is 27.2 Å². The summed E-state index contributed by atoms with van der Waals surface area (Å²) in [4.78, 5) is 13.2. The molecule has 144 valence electrons. The summed E-state index contributed by atoms with van der Waals surface area (Å²) in [6.07, 6.45) is 0.00115. The second-order valence-corrected chi connectivity index (χ2v) is 8.06. The summed E-state index contributed by atoms with van der Waals surface area (Å²) in [7, 11) is 0.